The lowest BCUT2D eigenvalue weighted by Gasteiger charge is -2.20. The van der Waals surface area contributed by atoms with E-state index in [9.17, 15) is 0 Å². The third-order valence-corrected chi connectivity index (χ3v) is 3.62. The van der Waals surface area contributed by atoms with Crippen molar-refractivity contribution >= 4 is 29.9 Å². The molecule has 0 aliphatic carbocycles. The van der Waals surface area contributed by atoms with Gasteiger partial charge in [0.15, 0.2) is 5.96 Å². The molecule has 1 aromatic rings. The Morgan fingerprint density at radius 1 is 1.05 bits per heavy atom. The van der Waals surface area contributed by atoms with Gasteiger partial charge in [-0.1, -0.05) is 45.0 Å². The minimum atomic E-state index is 0. The molecule has 2 N–H and O–H groups in total. The first-order chi connectivity index (χ1) is 10.2. The van der Waals surface area contributed by atoms with Crippen LogP contribution in [0.5, 0.6) is 0 Å². The number of benzene rings is 1. The number of nitrogens with one attached hydrogen (secondary N) is 2. The van der Waals surface area contributed by atoms with Crippen molar-refractivity contribution in [3.63, 3.8) is 0 Å². The summed E-state index contributed by atoms with van der Waals surface area (Å²) >= 11 is 0. The average Bonchev–Trinajstić information content (AvgIpc) is 2.53. The van der Waals surface area contributed by atoms with Crippen LogP contribution in [-0.4, -0.2) is 37.5 Å². The highest BCUT2D eigenvalue weighted by Crippen LogP contribution is 2.11. The first kappa shape index (κ1) is 21.2. The lowest BCUT2D eigenvalue weighted by atomic mass is 10.1. The van der Waals surface area contributed by atoms with Gasteiger partial charge in [0.2, 0.25) is 0 Å². The molecule has 0 aliphatic heterocycles. The van der Waals surface area contributed by atoms with Crippen molar-refractivity contribution in [2.75, 3.05) is 26.7 Å². The van der Waals surface area contributed by atoms with Gasteiger partial charge in [-0.15, -0.1) is 24.0 Å². The number of aliphatic imine (C=N–C) groups is 1. The van der Waals surface area contributed by atoms with Crippen LogP contribution in [0.2, 0.25) is 0 Å². The molecule has 0 spiro atoms. The molecule has 0 atom stereocenters. The normalized spacial score (nSPS) is 11.2. The molecule has 0 aromatic heterocycles. The summed E-state index contributed by atoms with van der Waals surface area (Å²) in [5.41, 5.74) is 2.73. The number of nitrogens with zero attached hydrogens (tertiary/aromatic N) is 2. The minimum absolute atomic E-state index is 0. The lowest BCUT2D eigenvalue weighted by molar-refractivity contribution is 0.295. The molecule has 126 valence electrons. The van der Waals surface area contributed by atoms with Gasteiger partial charge in [0.05, 0.1) is 0 Å². The quantitative estimate of drug-likeness (QED) is 0.387. The van der Waals surface area contributed by atoms with Crippen molar-refractivity contribution in [3.8, 4) is 0 Å². The summed E-state index contributed by atoms with van der Waals surface area (Å²) in [5.74, 6) is 0.870. The van der Waals surface area contributed by atoms with Crippen LogP contribution in [0.25, 0.3) is 0 Å². The molecule has 1 rings (SSSR count). The van der Waals surface area contributed by atoms with Gasteiger partial charge >= 0.3 is 0 Å². The Labute approximate surface area is 152 Å². The topological polar surface area (TPSA) is 39.7 Å². The van der Waals surface area contributed by atoms with E-state index in [-0.39, 0.29) is 24.0 Å². The fourth-order valence-corrected chi connectivity index (χ4v) is 2.22. The number of hydrogen-bond acceptors (Lipinski definition) is 2. The zero-order chi connectivity index (χ0) is 15.5. The molecule has 0 bridgehead atoms. The monoisotopic (exact) mass is 418 g/mol. The van der Waals surface area contributed by atoms with E-state index >= 15 is 0 Å². The molecule has 0 amide bonds. The maximum atomic E-state index is 4.25. The highest BCUT2D eigenvalue weighted by atomic mass is 127. The number of rotatable bonds is 8. The lowest BCUT2D eigenvalue weighted by Crippen LogP contribution is -2.37. The van der Waals surface area contributed by atoms with Gasteiger partial charge in [-0.05, 0) is 30.6 Å². The van der Waals surface area contributed by atoms with Gasteiger partial charge in [0, 0.05) is 26.7 Å². The van der Waals surface area contributed by atoms with E-state index in [0.29, 0.717) is 0 Å². The molecule has 22 heavy (non-hydrogen) atoms. The maximum Gasteiger partial charge on any atom is 0.191 e. The minimum Gasteiger partial charge on any atom is -0.356 e. The van der Waals surface area contributed by atoms with E-state index in [1.165, 1.54) is 11.1 Å². The highest BCUT2D eigenvalue weighted by molar-refractivity contribution is 14.0. The van der Waals surface area contributed by atoms with Crippen molar-refractivity contribution in [2.24, 2.45) is 4.99 Å². The van der Waals surface area contributed by atoms with Crippen LogP contribution >= 0.6 is 24.0 Å². The zero-order valence-corrected chi connectivity index (χ0v) is 16.7. The molecule has 1 aromatic carbocycles. The van der Waals surface area contributed by atoms with Crippen LogP contribution in [0.15, 0.2) is 29.3 Å². The van der Waals surface area contributed by atoms with Crippen LogP contribution in [0.4, 0.5) is 0 Å². The standard InChI is InChI=1S/C17H30N4.HI/c1-5-12-19-17(18-4)20-13-15-10-8-9-11-16(15)14-21(6-2)7-3;/h8-11H,5-7,12-14H2,1-4H3,(H2,18,19,20);1H. The van der Waals surface area contributed by atoms with Crippen LogP contribution in [0.1, 0.15) is 38.3 Å². The fourth-order valence-electron chi connectivity index (χ4n) is 2.22. The summed E-state index contributed by atoms with van der Waals surface area (Å²) < 4.78 is 0. The summed E-state index contributed by atoms with van der Waals surface area (Å²) in [4.78, 5) is 6.68. The molecular weight excluding hydrogens is 387 g/mol. The van der Waals surface area contributed by atoms with Crippen molar-refractivity contribution < 1.29 is 0 Å². The van der Waals surface area contributed by atoms with Crippen molar-refractivity contribution in [1.82, 2.24) is 15.5 Å². The molecule has 0 radical (unpaired) electrons. The molecule has 0 heterocycles. The van der Waals surface area contributed by atoms with E-state index in [2.05, 4.69) is 65.6 Å². The number of guanidine groups is 1. The predicted octanol–water partition coefficient (Wildman–Crippen LogP) is 3.22. The molecule has 0 unspecified atom stereocenters. The smallest absolute Gasteiger partial charge is 0.191 e. The number of halogens is 1. The summed E-state index contributed by atoms with van der Waals surface area (Å²) in [6, 6.07) is 8.63. The van der Waals surface area contributed by atoms with E-state index in [1.807, 2.05) is 7.05 Å². The van der Waals surface area contributed by atoms with E-state index in [1.54, 1.807) is 0 Å². The zero-order valence-electron chi connectivity index (χ0n) is 14.4. The second-order valence-electron chi connectivity index (χ2n) is 5.08. The van der Waals surface area contributed by atoms with Gasteiger partial charge in [0.1, 0.15) is 0 Å². The molecule has 4 nitrogen and oxygen atoms in total. The van der Waals surface area contributed by atoms with Gasteiger partial charge in [-0.25, -0.2) is 0 Å². The molecule has 0 saturated carbocycles. The Balaban J connectivity index is 0.00000441. The van der Waals surface area contributed by atoms with Gasteiger partial charge in [-0.2, -0.15) is 0 Å². The largest absolute Gasteiger partial charge is 0.356 e. The van der Waals surface area contributed by atoms with Gasteiger partial charge in [-0.3, -0.25) is 9.89 Å². The first-order valence-corrected chi connectivity index (χ1v) is 7.98. The summed E-state index contributed by atoms with van der Waals surface area (Å²) in [6.07, 6.45) is 1.10. The highest BCUT2D eigenvalue weighted by Gasteiger charge is 2.06. The van der Waals surface area contributed by atoms with Gasteiger partial charge in [0.25, 0.3) is 0 Å². The predicted molar refractivity (Wildman–Crippen MR) is 107 cm³/mol. The first-order valence-electron chi connectivity index (χ1n) is 7.98. The van der Waals surface area contributed by atoms with Crippen molar-refractivity contribution in [1.29, 1.82) is 0 Å². The van der Waals surface area contributed by atoms with Crippen LogP contribution in [-0.2, 0) is 13.1 Å². The molecular formula is C17H31IN4. The van der Waals surface area contributed by atoms with Crippen LogP contribution in [0.3, 0.4) is 0 Å². The fraction of sp³-hybridized carbons (Fsp3) is 0.588. The summed E-state index contributed by atoms with van der Waals surface area (Å²) in [6.45, 7) is 11.5. The second-order valence-corrected chi connectivity index (χ2v) is 5.08. The summed E-state index contributed by atoms with van der Waals surface area (Å²) in [5, 5.41) is 6.69. The summed E-state index contributed by atoms with van der Waals surface area (Å²) in [7, 11) is 1.81. The maximum absolute atomic E-state index is 4.25. The number of hydrogen-bond donors (Lipinski definition) is 2. The van der Waals surface area contributed by atoms with Crippen LogP contribution in [0, 0.1) is 0 Å². The Morgan fingerprint density at radius 2 is 1.68 bits per heavy atom. The van der Waals surface area contributed by atoms with Gasteiger partial charge < -0.3 is 10.6 Å². The Kier molecular flexibility index (Phi) is 12.2. The average molecular weight is 418 g/mol. The molecule has 0 saturated heterocycles. The van der Waals surface area contributed by atoms with E-state index < -0.39 is 0 Å². The molecule has 0 fully saturated rings. The van der Waals surface area contributed by atoms with Crippen molar-refractivity contribution in [2.45, 2.75) is 40.3 Å². The Morgan fingerprint density at radius 3 is 2.23 bits per heavy atom. The third kappa shape index (κ3) is 7.45. The van der Waals surface area contributed by atoms with Crippen molar-refractivity contribution in [3.05, 3.63) is 35.4 Å². The second kappa shape index (κ2) is 12.7. The van der Waals surface area contributed by atoms with Crippen LogP contribution < -0.4 is 10.6 Å². The third-order valence-electron chi connectivity index (χ3n) is 3.62. The Hall–Kier alpha value is -0.820. The van der Waals surface area contributed by atoms with E-state index in [0.717, 1.165) is 45.1 Å². The SMILES string of the molecule is CCCNC(=NC)NCc1ccccc1CN(CC)CC.I. The Bertz CT molecular complexity index is 430. The molecule has 5 heteroatoms. The molecule has 0 aliphatic rings. The van der Waals surface area contributed by atoms with E-state index in [4.69, 9.17) is 0 Å².